The highest BCUT2D eigenvalue weighted by atomic mass is 15.3. The second kappa shape index (κ2) is 5.48. The third-order valence-corrected chi connectivity index (χ3v) is 3.15. The number of hydrogen-bond acceptors (Lipinski definition) is 3. The summed E-state index contributed by atoms with van der Waals surface area (Å²) in [6, 6.07) is 17.9. The number of anilines is 2. The number of hydrogen-bond donors (Lipinski definition) is 2. The van der Waals surface area contributed by atoms with Gasteiger partial charge in [-0.3, -0.25) is 0 Å². The van der Waals surface area contributed by atoms with E-state index in [0.717, 1.165) is 22.6 Å². The lowest BCUT2D eigenvalue weighted by atomic mass is 10.2. The van der Waals surface area contributed by atoms with Crippen molar-refractivity contribution in [1.29, 1.82) is 0 Å². The molecule has 0 aliphatic carbocycles. The molecule has 2 aromatic carbocycles. The Labute approximate surface area is 117 Å². The van der Waals surface area contributed by atoms with E-state index in [1.54, 1.807) is 6.20 Å². The Morgan fingerprint density at radius 1 is 1.05 bits per heavy atom. The highest BCUT2D eigenvalue weighted by molar-refractivity contribution is 5.53. The first kappa shape index (κ1) is 12.3. The van der Waals surface area contributed by atoms with Gasteiger partial charge in [0.15, 0.2) is 0 Å². The maximum Gasteiger partial charge on any atom is 0.0666 e. The van der Waals surface area contributed by atoms with Crippen LogP contribution in [0.3, 0.4) is 0 Å². The minimum absolute atomic E-state index is 0.704. The Kier molecular flexibility index (Phi) is 3.37. The summed E-state index contributed by atoms with van der Waals surface area (Å²) in [5.41, 5.74) is 9.91. The molecular formula is C16H16N4. The summed E-state index contributed by atoms with van der Waals surface area (Å²) in [7, 11) is 0. The van der Waals surface area contributed by atoms with Crippen LogP contribution in [0.5, 0.6) is 0 Å². The third kappa shape index (κ3) is 2.64. The van der Waals surface area contributed by atoms with Crippen LogP contribution in [-0.4, -0.2) is 9.78 Å². The summed E-state index contributed by atoms with van der Waals surface area (Å²) >= 11 is 0. The molecule has 3 aromatic rings. The summed E-state index contributed by atoms with van der Waals surface area (Å²) in [6.07, 6.45) is 3.69. The van der Waals surface area contributed by atoms with Crippen molar-refractivity contribution in [2.45, 2.75) is 6.54 Å². The van der Waals surface area contributed by atoms with Crippen molar-refractivity contribution in [3.05, 3.63) is 72.6 Å². The van der Waals surface area contributed by atoms with E-state index in [9.17, 15) is 0 Å². The van der Waals surface area contributed by atoms with Gasteiger partial charge in [0.25, 0.3) is 0 Å². The zero-order valence-corrected chi connectivity index (χ0v) is 11.0. The van der Waals surface area contributed by atoms with E-state index >= 15 is 0 Å². The maximum absolute atomic E-state index is 5.94. The lowest BCUT2D eigenvalue weighted by molar-refractivity contribution is 0.880. The Morgan fingerprint density at radius 2 is 1.95 bits per heavy atom. The summed E-state index contributed by atoms with van der Waals surface area (Å²) in [4.78, 5) is 0. The van der Waals surface area contributed by atoms with E-state index in [4.69, 9.17) is 5.73 Å². The molecule has 0 spiro atoms. The van der Waals surface area contributed by atoms with Gasteiger partial charge in [-0.2, -0.15) is 5.10 Å². The summed E-state index contributed by atoms with van der Waals surface area (Å²) in [5.74, 6) is 0. The summed E-state index contributed by atoms with van der Waals surface area (Å²) < 4.78 is 1.84. The first-order chi connectivity index (χ1) is 9.83. The van der Waals surface area contributed by atoms with Gasteiger partial charge in [-0.15, -0.1) is 0 Å². The number of nitrogens with zero attached hydrogens (tertiary/aromatic N) is 2. The molecule has 0 bridgehead atoms. The molecule has 0 amide bonds. The lowest BCUT2D eigenvalue weighted by Gasteiger charge is -2.10. The Morgan fingerprint density at radius 3 is 2.75 bits per heavy atom. The van der Waals surface area contributed by atoms with Gasteiger partial charge in [0.1, 0.15) is 0 Å². The van der Waals surface area contributed by atoms with Crippen molar-refractivity contribution in [3.63, 3.8) is 0 Å². The first-order valence-corrected chi connectivity index (χ1v) is 6.50. The Bertz CT molecular complexity index is 689. The van der Waals surface area contributed by atoms with Crippen LogP contribution in [0, 0.1) is 0 Å². The zero-order chi connectivity index (χ0) is 13.8. The highest BCUT2D eigenvalue weighted by Gasteiger charge is 2.00. The highest BCUT2D eigenvalue weighted by Crippen LogP contribution is 2.17. The Balaban J connectivity index is 1.75. The van der Waals surface area contributed by atoms with Crippen molar-refractivity contribution in [1.82, 2.24) is 9.78 Å². The van der Waals surface area contributed by atoms with E-state index in [0.29, 0.717) is 6.54 Å². The third-order valence-electron chi connectivity index (χ3n) is 3.15. The van der Waals surface area contributed by atoms with Gasteiger partial charge in [0.2, 0.25) is 0 Å². The van der Waals surface area contributed by atoms with Crippen LogP contribution in [-0.2, 0) is 6.54 Å². The quantitative estimate of drug-likeness (QED) is 0.712. The van der Waals surface area contributed by atoms with Crippen LogP contribution < -0.4 is 11.1 Å². The minimum Gasteiger partial charge on any atom is -0.398 e. The SMILES string of the molecule is Nc1ccccc1CNc1cccc(-n2cccn2)c1. The second-order valence-electron chi connectivity index (χ2n) is 4.55. The Hall–Kier alpha value is -2.75. The smallest absolute Gasteiger partial charge is 0.0666 e. The van der Waals surface area contributed by atoms with Gasteiger partial charge in [0.05, 0.1) is 5.69 Å². The van der Waals surface area contributed by atoms with Crippen LogP contribution in [0.25, 0.3) is 5.69 Å². The number of nitrogens with one attached hydrogen (secondary N) is 1. The predicted octanol–water partition coefficient (Wildman–Crippen LogP) is 3.07. The lowest BCUT2D eigenvalue weighted by Crippen LogP contribution is -2.03. The van der Waals surface area contributed by atoms with Crippen LogP contribution in [0.2, 0.25) is 0 Å². The maximum atomic E-state index is 5.94. The fourth-order valence-corrected chi connectivity index (χ4v) is 2.07. The predicted molar refractivity (Wildman–Crippen MR) is 81.7 cm³/mol. The number of benzene rings is 2. The first-order valence-electron chi connectivity index (χ1n) is 6.50. The van der Waals surface area contributed by atoms with Gasteiger partial charge in [-0.25, -0.2) is 4.68 Å². The molecule has 0 atom stereocenters. The molecule has 0 aliphatic rings. The molecule has 1 heterocycles. The van der Waals surface area contributed by atoms with E-state index < -0.39 is 0 Å². The average Bonchev–Trinajstić information content (AvgIpc) is 3.01. The fraction of sp³-hybridized carbons (Fsp3) is 0.0625. The van der Waals surface area contributed by atoms with Crippen LogP contribution in [0.15, 0.2) is 67.0 Å². The van der Waals surface area contributed by atoms with Gasteiger partial charge in [-0.1, -0.05) is 24.3 Å². The summed E-state index contributed by atoms with van der Waals surface area (Å²) in [6.45, 7) is 0.704. The molecule has 0 radical (unpaired) electrons. The van der Waals surface area contributed by atoms with Gasteiger partial charge >= 0.3 is 0 Å². The largest absolute Gasteiger partial charge is 0.398 e. The topological polar surface area (TPSA) is 55.9 Å². The molecule has 0 aliphatic heterocycles. The van der Waals surface area contributed by atoms with Crippen molar-refractivity contribution in [2.75, 3.05) is 11.1 Å². The van der Waals surface area contributed by atoms with E-state index in [-0.39, 0.29) is 0 Å². The number of rotatable bonds is 4. The zero-order valence-electron chi connectivity index (χ0n) is 11.0. The molecule has 4 heteroatoms. The molecule has 0 saturated heterocycles. The molecule has 4 nitrogen and oxygen atoms in total. The van der Waals surface area contributed by atoms with Crippen LogP contribution in [0.1, 0.15) is 5.56 Å². The molecule has 0 saturated carbocycles. The van der Waals surface area contributed by atoms with Crippen molar-refractivity contribution in [3.8, 4) is 5.69 Å². The molecule has 100 valence electrons. The van der Waals surface area contributed by atoms with E-state index in [2.05, 4.69) is 16.5 Å². The van der Waals surface area contributed by atoms with Gasteiger partial charge < -0.3 is 11.1 Å². The molecule has 3 rings (SSSR count). The molecule has 20 heavy (non-hydrogen) atoms. The standard InChI is InChI=1S/C16H16N4/c17-16-8-2-1-5-13(16)12-18-14-6-3-7-15(11-14)20-10-4-9-19-20/h1-11,18H,12,17H2. The molecule has 3 N–H and O–H groups in total. The van der Waals surface area contributed by atoms with Crippen molar-refractivity contribution >= 4 is 11.4 Å². The molecular weight excluding hydrogens is 248 g/mol. The normalized spacial score (nSPS) is 10.4. The van der Waals surface area contributed by atoms with E-state index in [1.165, 1.54) is 0 Å². The van der Waals surface area contributed by atoms with Gasteiger partial charge in [-0.05, 0) is 35.9 Å². The van der Waals surface area contributed by atoms with E-state index in [1.807, 2.05) is 59.4 Å². The van der Waals surface area contributed by atoms with Crippen molar-refractivity contribution in [2.24, 2.45) is 0 Å². The number of para-hydroxylation sites is 1. The molecule has 0 unspecified atom stereocenters. The second-order valence-corrected chi connectivity index (χ2v) is 4.55. The van der Waals surface area contributed by atoms with Crippen LogP contribution in [0.4, 0.5) is 11.4 Å². The van der Waals surface area contributed by atoms with Crippen LogP contribution >= 0.6 is 0 Å². The monoisotopic (exact) mass is 264 g/mol. The average molecular weight is 264 g/mol. The number of nitrogens with two attached hydrogens (primary N) is 1. The van der Waals surface area contributed by atoms with Crippen molar-refractivity contribution < 1.29 is 0 Å². The molecule has 0 fully saturated rings. The molecule has 1 aromatic heterocycles. The minimum atomic E-state index is 0.704. The number of nitrogen functional groups attached to an aromatic ring is 1. The van der Waals surface area contributed by atoms with Gasteiger partial charge in [0, 0.05) is 30.3 Å². The number of aromatic nitrogens is 2. The fourth-order valence-electron chi connectivity index (χ4n) is 2.07. The summed E-state index contributed by atoms with van der Waals surface area (Å²) in [5, 5.41) is 7.61.